The Balaban J connectivity index is 2.09. The Morgan fingerprint density at radius 1 is 1.33 bits per heavy atom. The summed E-state index contributed by atoms with van der Waals surface area (Å²) < 4.78 is 0. The van der Waals surface area contributed by atoms with Gasteiger partial charge in [-0.05, 0) is 12.0 Å². The van der Waals surface area contributed by atoms with Crippen molar-refractivity contribution in [1.29, 1.82) is 0 Å². The number of thiocarbonyl (C=S) groups is 1. The molecule has 2 atom stereocenters. The molecule has 18 heavy (non-hydrogen) atoms. The van der Waals surface area contributed by atoms with Crippen molar-refractivity contribution >= 4 is 17.2 Å². The van der Waals surface area contributed by atoms with Crippen LogP contribution in [0, 0.1) is 5.41 Å². The van der Waals surface area contributed by atoms with Crippen molar-refractivity contribution in [3.63, 3.8) is 0 Å². The molecule has 0 saturated carbocycles. The highest BCUT2D eigenvalue weighted by atomic mass is 32.1. The zero-order valence-corrected chi connectivity index (χ0v) is 12.1. The third-order valence-electron chi connectivity index (χ3n) is 3.47. The van der Waals surface area contributed by atoms with Gasteiger partial charge in [0, 0.05) is 12.0 Å². The number of aliphatic hydroxyl groups is 1. The lowest BCUT2D eigenvalue weighted by Gasteiger charge is -2.48. The Hall–Kier alpha value is -0.930. The molecular weight excluding hydrogens is 242 g/mol. The van der Waals surface area contributed by atoms with E-state index < -0.39 is 6.10 Å². The second-order valence-corrected chi connectivity index (χ2v) is 6.35. The van der Waals surface area contributed by atoms with E-state index in [0.717, 1.165) is 23.5 Å². The van der Waals surface area contributed by atoms with Crippen LogP contribution in [0.25, 0.3) is 0 Å². The summed E-state index contributed by atoms with van der Waals surface area (Å²) in [4.78, 5) is 3.13. The first kappa shape index (κ1) is 13.5. The molecule has 1 aliphatic heterocycles. The van der Waals surface area contributed by atoms with Gasteiger partial charge in [-0.2, -0.15) is 0 Å². The number of benzene rings is 1. The monoisotopic (exact) mass is 263 g/mol. The lowest BCUT2D eigenvalue weighted by atomic mass is 9.87. The highest BCUT2D eigenvalue weighted by Gasteiger charge is 2.39. The summed E-state index contributed by atoms with van der Waals surface area (Å²) >= 11 is 5.53. The van der Waals surface area contributed by atoms with Gasteiger partial charge in [0.2, 0.25) is 0 Å². The van der Waals surface area contributed by atoms with E-state index in [0.29, 0.717) is 0 Å². The lowest BCUT2D eigenvalue weighted by molar-refractivity contribution is 0.0261. The quantitative estimate of drug-likeness (QED) is 0.829. The van der Waals surface area contributed by atoms with Crippen LogP contribution in [-0.4, -0.2) is 27.6 Å². The van der Waals surface area contributed by atoms with Crippen molar-refractivity contribution in [3.8, 4) is 0 Å². The van der Waals surface area contributed by atoms with Gasteiger partial charge < -0.3 is 10.0 Å². The van der Waals surface area contributed by atoms with Crippen LogP contribution >= 0.6 is 12.2 Å². The van der Waals surface area contributed by atoms with Crippen molar-refractivity contribution in [2.24, 2.45) is 5.41 Å². The fourth-order valence-corrected chi connectivity index (χ4v) is 2.52. The molecule has 1 saturated heterocycles. The van der Waals surface area contributed by atoms with Gasteiger partial charge in [0.05, 0.1) is 17.1 Å². The van der Waals surface area contributed by atoms with Crippen LogP contribution < -0.4 is 0 Å². The molecule has 98 valence electrons. The van der Waals surface area contributed by atoms with E-state index in [1.54, 1.807) is 0 Å². The predicted molar refractivity (Wildman–Crippen MR) is 78.6 cm³/mol. The van der Waals surface area contributed by atoms with Crippen LogP contribution in [0.1, 0.15) is 38.9 Å². The average molecular weight is 263 g/mol. The smallest absolute Gasteiger partial charge is 0.0993 e. The minimum atomic E-state index is -0.444. The van der Waals surface area contributed by atoms with E-state index in [4.69, 9.17) is 12.2 Å². The number of aliphatic hydroxyl groups excluding tert-OH is 1. The van der Waals surface area contributed by atoms with Crippen LogP contribution in [0.3, 0.4) is 0 Å². The molecule has 1 unspecified atom stereocenters. The van der Waals surface area contributed by atoms with Gasteiger partial charge in [0.15, 0.2) is 0 Å². The highest BCUT2D eigenvalue weighted by molar-refractivity contribution is 7.80. The topological polar surface area (TPSA) is 23.5 Å². The van der Waals surface area contributed by atoms with Gasteiger partial charge in [-0.15, -0.1) is 0 Å². The van der Waals surface area contributed by atoms with Crippen molar-refractivity contribution in [2.75, 3.05) is 6.54 Å². The summed E-state index contributed by atoms with van der Waals surface area (Å²) in [6.45, 7) is 7.34. The molecule has 1 heterocycles. The molecule has 1 aromatic rings. The average Bonchev–Trinajstić information content (AvgIpc) is 2.27. The molecule has 0 radical (unpaired) electrons. The van der Waals surface area contributed by atoms with Crippen molar-refractivity contribution in [1.82, 2.24) is 4.90 Å². The third-order valence-corrected chi connectivity index (χ3v) is 4.32. The maximum absolute atomic E-state index is 10.4. The van der Waals surface area contributed by atoms with Gasteiger partial charge in [-0.1, -0.05) is 63.3 Å². The van der Waals surface area contributed by atoms with E-state index in [9.17, 15) is 5.11 Å². The molecular formula is C15H21NOS. The maximum atomic E-state index is 10.4. The minimum absolute atomic E-state index is 0.00951. The minimum Gasteiger partial charge on any atom is -0.386 e. The molecule has 0 aliphatic carbocycles. The maximum Gasteiger partial charge on any atom is 0.0993 e. The molecule has 1 aliphatic rings. The van der Waals surface area contributed by atoms with Gasteiger partial charge in [-0.3, -0.25) is 0 Å². The molecule has 2 rings (SSSR count). The molecule has 3 heteroatoms. The molecule has 0 bridgehead atoms. The molecule has 0 aromatic heterocycles. The zero-order valence-electron chi connectivity index (χ0n) is 11.3. The largest absolute Gasteiger partial charge is 0.386 e. The van der Waals surface area contributed by atoms with E-state index in [1.165, 1.54) is 0 Å². The van der Waals surface area contributed by atoms with Gasteiger partial charge in [0.1, 0.15) is 0 Å². The first-order valence-electron chi connectivity index (χ1n) is 6.45. The van der Waals surface area contributed by atoms with Gasteiger partial charge in [0.25, 0.3) is 0 Å². The summed E-state index contributed by atoms with van der Waals surface area (Å²) in [5.41, 5.74) is 0.966. The summed E-state index contributed by atoms with van der Waals surface area (Å²) in [6.07, 6.45) is 0.562. The zero-order chi connectivity index (χ0) is 13.3. The molecule has 2 nitrogen and oxygen atoms in total. The van der Waals surface area contributed by atoms with E-state index in [2.05, 4.69) is 25.7 Å². The lowest BCUT2D eigenvalue weighted by Crippen LogP contribution is -2.56. The fraction of sp³-hybridized carbons (Fsp3) is 0.533. The molecule has 1 aromatic carbocycles. The molecule has 0 amide bonds. The first-order valence-corrected chi connectivity index (χ1v) is 6.86. The number of hydrogen-bond acceptors (Lipinski definition) is 2. The summed E-state index contributed by atoms with van der Waals surface area (Å²) in [7, 11) is 0. The predicted octanol–water partition coefficient (Wildman–Crippen LogP) is 3.17. The van der Waals surface area contributed by atoms with E-state index in [-0.39, 0.29) is 11.5 Å². The van der Waals surface area contributed by atoms with E-state index >= 15 is 0 Å². The molecule has 1 N–H and O–H groups in total. The Labute approximate surface area is 115 Å². The van der Waals surface area contributed by atoms with Crippen LogP contribution in [-0.2, 0) is 0 Å². The van der Waals surface area contributed by atoms with Crippen LogP contribution in [0.2, 0.25) is 0 Å². The Kier molecular flexibility index (Phi) is 3.74. The number of hydrogen-bond donors (Lipinski definition) is 1. The highest BCUT2D eigenvalue weighted by Crippen LogP contribution is 2.34. The van der Waals surface area contributed by atoms with Gasteiger partial charge in [-0.25, -0.2) is 0 Å². The summed E-state index contributed by atoms with van der Waals surface area (Å²) in [6, 6.07) is 9.98. The van der Waals surface area contributed by atoms with E-state index in [1.807, 2.05) is 30.3 Å². The third kappa shape index (κ3) is 2.57. The Morgan fingerprint density at radius 2 is 1.94 bits per heavy atom. The van der Waals surface area contributed by atoms with Crippen molar-refractivity contribution in [2.45, 2.75) is 39.3 Å². The van der Waals surface area contributed by atoms with Gasteiger partial charge >= 0.3 is 0 Å². The second kappa shape index (κ2) is 4.98. The summed E-state index contributed by atoms with van der Waals surface area (Å²) in [5.74, 6) is 0. The Bertz CT molecular complexity index is 424. The SMILES string of the molecule is CC(C)(C)C(=S)N1CCC1[C@H](O)c1ccccc1. The van der Waals surface area contributed by atoms with Crippen LogP contribution in [0.15, 0.2) is 30.3 Å². The fourth-order valence-electron chi connectivity index (χ4n) is 2.29. The Morgan fingerprint density at radius 3 is 2.39 bits per heavy atom. The standard InChI is InChI=1S/C15H21NOS/c1-15(2,3)14(18)16-10-9-12(16)13(17)11-7-5-4-6-8-11/h4-8,12-13,17H,9-10H2,1-3H3/t12?,13-/m1/s1. The number of likely N-dealkylation sites (tertiary alicyclic amines) is 1. The van der Waals surface area contributed by atoms with Crippen molar-refractivity contribution < 1.29 is 5.11 Å². The van der Waals surface area contributed by atoms with Crippen LogP contribution in [0.4, 0.5) is 0 Å². The van der Waals surface area contributed by atoms with Crippen LogP contribution in [0.5, 0.6) is 0 Å². The molecule has 1 fully saturated rings. The molecule has 0 spiro atoms. The number of nitrogens with zero attached hydrogens (tertiary/aromatic N) is 1. The summed E-state index contributed by atoms with van der Waals surface area (Å²) in [5, 5.41) is 10.4. The van der Waals surface area contributed by atoms with Crippen molar-refractivity contribution in [3.05, 3.63) is 35.9 Å². The first-order chi connectivity index (χ1) is 8.41. The normalized spacial score (nSPS) is 21.3. The number of rotatable bonds is 2. The second-order valence-electron chi connectivity index (χ2n) is 5.96.